The van der Waals surface area contributed by atoms with Crippen LogP contribution in [0.4, 0.5) is 15.9 Å². The Bertz CT molecular complexity index is 1310. The molecule has 2 N–H and O–H groups in total. The number of anilines is 2. The van der Waals surface area contributed by atoms with E-state index in [4.69, 9.17) is 4.74 Å². The lowest BCUT2D eigenvalue weighted by Crippen LogP contribution is -2.02. The number of hydrogen-bond acceptors (Lipinski definition) is 5. The molecule has 0 fully saturated rings. The number of imidazole rings is 1. The highest BCUT2D eigenvalue weighted by Gasteiger charge is 2.12. The van der Waals surface area contributed by atoms with Crippen molar-refractivity contribution in [1.29, 1.82) is 0 Å². The van der Waals surface area contributed by atoms with Crippen LogP contribution in [0.1, 0.15) is 0 Å². The van der Waals surface area contributed by atoms with Crippen molar-refractivity contribution < 1.29 is 9.13 Å². The molecule has 0 aliphatic carbocycles. The SMILES string of the molecule is COc1ccc(Nc2nc(-c3ccc4cn[nH]c4c3)cn3ccnc23)c(F)c1. The third-order valence-corrected chi connectivity index (χ3v) is 4.54. The van der Waals surface area contributed by atoms with Crippen molar-refractivity contribution in [1.82, 2.24) is 24.6 Å². The van der Waals surface area contributed by atoms with E-state index in [1.807, 2.05) is 35.0 Å². The predicted molar refractivity (Wildman–Crippen MR) is 104 cm³/mol. The molecule has 0 spiro atoms. The fourth-order valence-electron chi connectivity index (χ4n) is 3.10. The highest BCUT2D eigenvalue weighted by atomic mass is 19.1. The first-order valence-electron chi connectivity index (χ1n) is 8.59. The van der Waals surface area contributed by atoms with Crippen LogP contribution in [0.3, 0.4) is 0 Å². The Kier molecular flexibility index (Phi) is 3.68. The van der Waals surface area contributed by atoms with Crippen molar-refractivity contribution in [2.75, 3.05) is 12.4 Å². The Morgan fingerprint density at radius 2 is 2.11 bits per heavy atom. The number of ether oxygens (including phenoxy) is 1. The fourth-order valence-corrected chi connectivity index (χ4v) is 3.10. The summed E-state index contributed by atoms with van der Waals surface area (Å²) >= 11 is 0. The van der Waals surface area contributed by atoms with Crippen molar-refractivity contribution in [2.24, 2.45) is 0 Å². The van der Waals surface area contributed by atoms with Crippen molar-refractivity contribution in [3.63, 3.8) is 0 Å². The van der Waals surface area contributed by atoms with E-state index in [2.05, 4.69) is 25.5 Å². The van der Waals surface area contributed by atoms with Gasteiger partial charge >= 0.3 is 0 Å². The minimum atomic E-state index is -0.435. The first kappa shape index (κ1) is 16.2. The second kappa shape index (κ2) is 6.34. The van der Waals surface area contributed by atoms with Gasteiger partial charge in [-0.3, -0.25) is 5.10 Å². The Labute approximate surface area is 158 Å². The molecule has 8 heteroatoms. The smallest absolute Gasteiger partial charge is 0.180 e. The monoisotopic (exact) mass is 374 g/mol. The molecule has 0 radical (unpaired) electrons. The first-order valence-corrected chi connectivity index (χ1v) is 8.59. The van der Waals surface area contributed by atoms with E-state index < -0.39 is 5.82 Å². The molecule has 0 bridgehead atoms. The predicted octanol–water partition coefficient (Wildman–Crippen LogP) is 4.16. The summed E-state index contributed by atoms with van der Waals surface area (Å²) in [6.07, 6.45) is 7.15. The Hall–Kier alpha value is -3.94. The molecule has 2 aromatic carbocycles. The summed E-state index contributed by atoms with van der Waals surface area (Å²) in [6.45, 7) is 0. The van der Waals surface area contributed by atoms with Gasteiger partial charge in [-0.2, -0.15) is 5.10 Å². The number of fused-ring (bicyclic) bond motifs is 2. The number of hydrogen-bond donors (Lipinski definition) is 2. The van der Waals surface area contributed by atoms with Crippen LogP contribution >= 0.6 is 0 Å². The number of H-pyrrole nitrogens is 1. The van der Waals surface area contributed by atoms with Crippen LogP contribution < -0.4 is 10.1 Å². The molecule has 0 saturated heterocycles. The van der Waals surface area contributed by atoms with E-state index in [1.54, 1.807) is 24.5 Å². The summed E-state index contributed by atoms with van der Waals surface area (Å²) in [7, 11) is 1.50. The van der Waals surface area contributed by atoms with Crippen LogP contribution in [0, 0.1) is 5.82 Å². The molecular formula is C20H15FN6O. The standard InChI is InChI=1S/C20H15FN6O/c1-28-14-4-5-16(15(21)9-14)24-19-20-22-6-7-27(20)11-18(25-19)12-2-3-13-10-23-26-17(13)8-12/h2-11H,1H3,(H,23,26)(H,24,25). The van der Waals surface area contributed by atoms with Gasteiger partial charge < -0.3 is 14.5 Å². The molecule has 0 aliphatic heterocycles. The highest BCUT2D eigenvalue weighted by molar-refractivity contribution is 5.84. The van der Waals surface area contributed by atoms with Crippen molar-refractivity contribution >= 4 is 28.1 Å². The van der Waals surface area contributed by atoms with Gasteiger partial charge in [-0.05, 0) is 18.2 Å². The van der Waals surface area contributed by atoms with Gasteiger partial charge in [-0.15, -0.1) is 0 Å². The molecule has 3 heterocycles. The lowest BCUT2D eigenvalue weighted by Gasteiger charge is -2.11. The van der Waals surface area contributed by atoms with E-state index >= 15 is 0 Å². The van der Waals surface area contributed by atoms with Crippen molar-refractivity contribution in [2.45, 2.75) is 0 Å². The quantitative estimate of drug-likeness (QED) is 0.494. The summed E-state index contributed by atoms with van der Waals surface area (Å²) in [5, 5.41) is 11.1. The topological polar surface area (TPSA) is 80.1 Å². The van der Waals surface area contributed by atoms with Crippen LogP contribution in [-0.4, -0.2) is 31.7 Å². The van der Waals surface area contributed by atoms with Crippen molar-refractivity contribution in [3.8, 4) is 17.0 Å². The van der Waals surface area contributed by atoms with Gasteiger partial charge in [-0.25, -0.2) is 14.4 Å². The summed E-state index contributed by atoms with van der Waals surface area (Å²) in [4.78, 5) is 9.02. The van der Waals surface area contributed by atoms with E-state index in [1.165, 1.54) is 13.2 Å². The number of nitrogens with one attached hydrogen (secondary N) is 2. The first-order chi connectivity index (χ1) is 13.7. The summed E-state index contributed by atoms with van der Waals surface area (Å²) < 4.78 is 21.3. The number of halogens is 1. The van der Waals surface area contributed by atoms with Gasteiger partial charge in [0.1, 0.15) is 11.6 Å². The molecule has 5 aromatic rings. The van der Waals surface area contributed by atoms with E-state index in [0.29, 0.717) is 22.9 Å². The summed E-state index contributed by atoms with van der Waals surface area (Å²) in [6, 6.07) is 10.5. The minimum absolute atomic E-state index is 0.291. The highest BCUT2D eigenvalue weighted by Crippen LogP contribution is 2.28. The van der Waals surface area contributed by atoms with Crippen LogP contribution in [0.15, 0.2) is 61.2 Å². The average molecular weight is 374 g/mol. The lowest BCUT2D eigenvalue weighted by molar-refractivity contribution is 0.411. The van der Waals surface area contributed by atoms with Gasteiger partial charge in [0.25, 0.3) is 0 Å². The number of methoxy groups -OCH3 is 1. The molecule has 0 atom stereocenters. The Morgan fingerprint density at radius 3 is 2.96 bits per heavy atom. The number of aromatic amines is 1. The molecule has 7 nitrogen and oxygen atoms in total. The van der Waals surface area contributed by atoms with Crippen molar-refractivity contribution in [3.05, 3.63) is 67.0 Å². The molecule has 28 heavy (non-hydrogen) atoms. The Balaban J connectivity index is 1.61. The molecule has 138 valence electrons. The summed E-state index contributed by atoms with van der Waals surface area (Å²) in [5.74, 6) is 0.468. The maximum Gasteiger partial charge on any atom is 0.180 e. The van der Waals surface area contributed by atoms with E-state index in [9.17, 15) is 4.39 Å². The molecular weight excluding hydrogens is 359 g/mol. The molecule has 0 aliphatic rings. The Morgan fingerprint density at radius 1 is 1.18 bits per heavy atom. The molecule has 0 saturated carbocycles. The minimum Gasteiger partial charge on any atom is -0.497 e. The third kappa shape index (κ3) is 2.71. The number of aromatic nitrogens is 5. The normalized spacial score (nSPS) is 11.2. The third-order valence-electron chi connectivity index (χ3n) is 4.54. The van der Waals surface area contributed by atoms with Crippen LogP contribution in [0.25, 0.3) is 27.8 Å². The zero-order valence-corrected chi connectivity index (χ0v) is 14.8. The molecule has 3 aromatic heterocycles. The second-order valence-corrected chi connectivity index (χ2v) is 6.28. The van der Waals surface area contributed by atoms with Gasteiger partial charge in [0.05, 0.1) is 30.2 Å². The van der Waals surface area contributed by atoms with E-state index in [0.717, 1.165) is 22.2 Å². The number of nitrogens with zero attached hydrogens (tertiary/aromatic N) is 4. The zero-order valence-electron chi connectivity index (χ0n) is 14.8. The van der Waals surface area contributed by atoms with Gasteiger partial charge in [-0.1, -0.05) is 12.1 Å². The van der Waals surface area contributed by atoms with Crippen LogP contribution in [-0.2, 0) is 0 Å². The second-order valence-electron chi connectivity index (χ2n) is 6.28. The van der Waals surface area contributed by atoms with Crippen LogP contribution in [0.2, 0.25) is 0 Å². The lowest BCUT2D eigenvalue weighted by atomic mass is 10.1. The van der Waals surface area contributed by atoms with Gasteiger partial charge in [0.2, 0.25) is 0 Å². The van der Waals surface area contributed by atoms with Crippen LogP contribution in [0.5, 0.6) is 5.75 Å². The molecule has 0 unspecified atom stereocenters. The maximum atomic E-state index is 14.4. The molecule has 5 rings (SSSR count). The summed E-state index contributed by atoms with van der Waals surface area (Å²) in [5.41, 5.74) is 3.44. The number of benzene rings is 2. The maximum absolute atomic E-state index is 14.4. The van der Waals surface area contributed by atoms with Gasteiger partial charge in [0.15, 0.2) is 11.5 Å². The largest absolute Gasteiger partial charge is 0.497 e. The molecule has 0 amide bonds. The zero-order chi connectivity index (χ0) is 19.1. The van der Waals surface area contributed by atoms with E-state index in [-0.39, 0.29) is 0 Å². The fraction of sp³-hybridized carbons (Fsp3) is 0.0500. The van der Waals surface area contributed by atoms with Gasteiger partial charge in [0, 0.05) is 35.6 Å². The average Bonchev–Trinajstić information content (AvgIpc) is 3.37. The number of rotatable bonds is 4.